The van der Waals surface area contributed by atoms with Crippen molar-refractivity contribution in [2.45, 2.75) is 6.17 Å². The highest BCUT2D eigenvalue weighted by Crippen LogP contribution is 2.47. The van der Waals surface area contributed by atoms with E-state index in [1.54, 1.807) is 0 Å². The second kappa shape index (κ2) is 12.8. The number of thiophene rings is 2. The Labute approximate surface area is 336 Å². The first-order valence-electron chi connectivity index (χ1n) is 19.2. The summed E-state index contributed by atoms with van der Waals surface area (Å²) in [6.45, 7) is 0. The van der Waals surface area contributed by atoms with Gasteiger partial charge in [0.1, 0.15) is 12.0 Å². The largest absolute Gasteiger partial charge is 0.344 e. The van der Waals surface area contributed by atoms with E-state index in [1.165, 1.54) is 79.0 Å². The average Bonchev–Trinajstić information content (AvgIpc) is 3.97. The SMILES string of the molecule is c1ccc(C2=NC(c3ccccc3)NC(c3cccc4c3sc3c(-c5cccc6sc7c(-n8c9ccccc9c9ccccc98)cccc7c56)cccc34)=N2)cc1. The predicted molar refractivity (Wildman–Crippen MR) is 244 cm³/mol. The molecule has 0 bridgehead atoms. The molecule has 0 amide bonds. The molecule has 8 aromatic carbocycles. The lowest BCUT2D eigenvalue weighted by Crippen LogP contribution is -2.33. The Balaban J connectivity index is 1.05. The van der Waals surface area contributed by atoms with Gasteiger partial charge in [0.05, 0.1) is 21.4 Å². The molecule has 1 unspecified atom stereocenters. The number of aliphatic imine (C=N–C) groups is 2. The zero-order chi connectivity index (χ0) is 37.5. The molecule has 0 fully saturated rings. The Hall–Kier alpha value is -6.86. The van der Waals surface area contributed by atoms with Crippen molar-refractivity contribution in [2.24, 2.45) is 9.98 Å². The van der Waals surface area contributed by atoms with Gasteiger partial charge in [-0.05, 0) is 41.5 Å². The Morgan fingerprint density at radius 3 is 1.79 bits per heavy atom. The van der Waals surface area contributed by atoms with Crippen LogP contribution in [0.3, 0.4) is 0 Å². The van der Waals surface area contributed by atoms with Crippen LogP contribution in [0, 0.1) is 0 Å². The molecule has 4 nitrogen and oxygen atoms in total. The van der Waals surface area contributed by atoms with E-state index in [9.17, 15) is 0 Å². The van der Waals surface area contributed by atoms with Gasteiger partial charge in [0.15, 0.2) is 5.84 Å². The summed E-state index contributed by atoms with van der Waals surface area (Å²) in [6.07, 6.45) is -0.258. The molecule has 268 valence electrons. The molecule has 6 heteroatoms. The Bertz CT molecular complexity index is 3390. The lowest BCUT2D eigenvalue weighted by Gasteiger charge is -2.24. The van der Waals surface area contributed by atoms with E-state index in [4.69, 9.17) is 9.98 Å². The summed E-state index contributed by atoms with van der Waals surface area (Å²) in [4.78, 5) is 10.3. The zero-order valence-corrected chi connectivity index (χ0v) is 32.2. The van der Waals surface area contributed by atoms with Gasteiger partial charge in [0, 0.05) is 63.1 Å². The molecule has 0 radical (unpaired) electrons. The highest BCUT2D eigenvalue weighted by atomic mass is 32.1. The van der Waals surface area contributed by atoms with Crippen molar-refractivity contribution >= 4 is 96.5 Å². The first-order chi connectivity index (χ1) is 28.3. The number of amidine groups is 2. The molecule has 0 saturated carbocycles. The summed E-state index contributed by atoms with van der Waals surface area (Å²) in [6, 6.07) is 65.3. The Morgan fingerprint density at radius 2 is 1.04 bits per heavy atom. The third kappa shape index (κ3) is 5.04. The number of aromatic nitrogens is 1. The molecular formula is C51H32N4S2. The van der Waals surface area contributed by atoms with Gasteiger partial charge < -0.3 is 9.88 Å². The number of nitrogens with one attached hydrogen (secondary N) is 1. The van der Waals surface area contributed by atoms with Gasteiger partial charge in [0.25, 0.3) is 0 Å². The van der Waals surface area contributed by atoms with E-state index in [-0.39, 0.29) is 6.17 Å². The molecule has 12 rings (SSSR count). The summed E-state index contributed by atoms with van der Waals surface area (Å²) in [7, 11) is 0. The van der Waals surface area contributed by atoms with Crippen LogP contribution in [0.4, 0.5) is 0 Å². The van der Waals surface area contributed by atoms with Crippen molar-refractivity contribution in [1.82, 2.24) is 9.88 Å². The van der Waals surface area contributed by atoms with Gasteiger partial charge in [-0.1, -0.05) is 152 Å². The minimum atomic E-state index is -0.258. The van der Waals surface area contributed by atoms with Crippen LogP contribution < -0.4 is 5.32 Å². The van der Waals surface area contributed by atoms with E-state index in [2.05, 4.69) is 168 Å². The van der Waals surface area contributed by atoms with E-state index in [0.717, 1.165) is 28.4 Å². The highest BCUT2D eigenvalue weighted by molar-refractivity contribution is 7.27. The van der Waals surface area contributed by atoms with Crippen LogP contribution in [0.2, 0.25) is 0 Å². The topological polar surface area (TPSA) is 41.7 Å². The minimum absolute atomic E-state index is 0.258. The molecule has 57 heavy (non-hydrogen) atoms. The van der Waals surface area contributed by atoms with Crippen molar-refractivity contribution in [1.29, 1.82) is 0 Å². The van der Waals surface area contributed by atoms with Crippen LogP contribution in [0.5, 0.6) is 0 Å². The fourth-order valence-electron chi connectivity index (χ4n) is 8.74. The smallest absolute Gasteiger partial charge is 0.159 e. The summed E-state index contributed by atoms with van der Waals surface area (Å²) >= 11 is 3.74. The molecule has 1 N–H and O–H groups in total. The predicted octanol–water partition coefficient (Wildman–Crippen LogP) is 13.7. The fourth-order valence-corrected chi connectivity index (χ4v) is 11.3. The normalized spacial score (nSPS) is 14.5. The van der Waals surface area contributed by atoms with Crippen molar-refractivity contribution in [2.75, 3.05) is 0 Å². The van der Waals surface area contributed by atoms with Crippen molar-refractivity contribution < 1.29 is 0 Å². The number of fused-ring (bicyclic) bond motifs is 9. The number of benzene rings is 8. The number of hydrogen-bond donors (Lipinski definition) is 1. The molecule has 0 spiro atoms. The molecule has 11 aromatic rings. The van der Waals surface area contributed by atoms with Gasteiger partial charge in [-0.25, -0.2) is 9.98 Å². The first-order valence-corrected chi connectivity index (χ1v) is 20.8. The summed E-state index contributed by atoms with van der Waals surface area (Å²) in [5.41, 5.74) is 9.36. The summed E-state index contributed by atoms with van der Waals surface area (Å²) in [5, 5.41) is 11.3. The van der Waals surface area contributed by atoms with Crippen molar-refractivity contribution in [3.63, 3.8) is 0 Å². The van der Waals surface area contributed by atoms with Crippen molar-refractivity contribution in [3.8, 4) is 16.8 Å². The molecular weight excluding hydrogens is 733 g/mol. The van der Waals surface area contributed by atoms with Crippen molar-refractivity contribution in [3.05, 3.63) is 199 Å². The van der Waals surface area contributed by atoms with Crippen LogP contribution in [0.25, 0.3) is 79.0 Å². The maximum atomic E-state index is 5.20. The molecule has 1 atom stereocenters. The van der Waals surface area contributed by atoms with Crippen LogP contribution in [0.1, 0.15) is 22.9 Å². The van der Waals surface area contributed by atoms with Gasteiger partial charge in [-0.3, -0.25) is 0 Å². The lowest BCUT2D eigenvalue weighted by atomic mass is 9.97. The first kappa shape index (κ1) is 32.4. The maximum absolute atomic E-state index is 5.20. The maximum Gasteiger partial charge on any atom is 0.159 e. The summed E-state index contributed by atoms with van der Waals surface area (Å²) in [5.74, 6) is 1.56. The number of para-hydroxylation sites is 2. The Kier molecular flexibility index (Phi) is 7.30. The molecule has 0 saturated heterocycles. The monoisotopic (exact) mass is 764 g/mol. The third-order valence-electron chi connectivity index (χ3n) is 11.3. The average molecular weight is 765 g/mol. The van der Waals surface area contributed by atoms with Crippen LogP contribution in [0.15, 0.2) is 192 Å². The van der Waals surface area contributed by atoms with E-state index < -0.39 is 0 Å². The van der Waals surface area contributed by atoms with E-state index >= 15 is 0 Å². The minimum Gasteiger partial charge on any atom is -0.344 e. The van der Waals surface area contributed by atoms with Gasteiger partial charge in [-0.15, -0.1) is 22.7 Å². The quantitative estimate of drug-likeness (QED) is 0.186. The molecule has 1 aliphatic rings. The Morgan fingerprint density at radius 1 is 0.456 bits per heavy atom. The molecule has 0 aliphatic carbocycles. The fraction of sp³-hybridized carbons (Fsp3) is 0.0196. The van der Waals surface area contributed by atoms with Crippen LogP contribution >= 0.6 is 22.7 Å². The van der Waals surface area contributed by atoms with Gasteiger partial charge >= 0.3 is 0 Å². The molecule has 1 aliphatic heterocycles. The molecule has 4 heterocycles. The van der Waals surface area contributed by atoms with Gasteiger partial charge in [-0.2, -0.15) is 0 Å². The van der Waals surface area contributed by atoms with Crippen LogP contribution in [-0.4, -0.2) is 16.2 Å². The van der Waals surface area contributed by atoms with E-state index in [0.29, 0.717) is 0 Å². The lowest BCUT2D eigenvalue weighted by molar-refractivity contribution is 0.674. The van der Waals surface area contributed by atoms with Gasteiger partial charge in [0.2, 0.25) is 0 Å². The number of rotatable bonds is 5. The number of nitrogens with zero attached hydrogens (tertiary/aromatic N) is 3. The second-order valence-electron chi connectivity index (χ2n) is 14.5. The van der Waals surface area contributed by atoms with E-state index in [1.807, 2.05) is 46.9 Å². The zero-order valence-electron chi connectivity index (χ0n) is 30.6. The highest BCUT2D eigenvalue weighted by Gasteiger charge is 2.24. The van der Waals surface area contributed by atoms with Crippen LogP contribution in [-0.2, 0) is 0 Å². The second-order valence-corrected chi connectivity index (χ2v) is 16.6. The standard InChI is InChI=1S/C51H32N4S2/c1-3-15-31(16-4-1)49-52-50(32-17-5-2-6-18-32)54-51(53-49)40-26-12-24-38-37-23-11-22-36(46(37)57-47(38)40)35-21-14-30-44-45(35)39-25-13-29-43(48(39)56-44)55-41-27-9-7-19-33(41)34-20-8-10-28-42(34)55/h1-30,49H,(H,52,53,54). The third-order valence-corrected chi connectivity index (χ3v) is 13.8. The summed E-state index contributed by atoms with van der Waals surface area (Å²) < 4.78 is 7.52. The number of hydrogen-bond acceptors (Lipinski definition) is 5. The molecule has 3 aromatic heterocycles.